The lowest BCUT2D eigenvalue weighted by atomic mass is 10.2. The molecule has 0 radical (unpaired) electrons. The molecule has 0 aliphatic rings. The van der Waals surface area contributed by atoms with Crippen LogP contribution in [-0.2, 0) is 12.8 Å². The van der Waals surface area contributed by atoms with E-state index in [0.29, 0.717) is 23.8 Å². The molecule has 0 aliphatic heterocycles. The van der Waals surface area contributed by atoms with Crippen molar-refractivity contribution in [3.05, 3.63) is 83.4 Å². The quantitative estimate of drug-likeness (QED) is 0.365. The van der Waals surface area contributed by atoms with Gasteiger partial charge >= 0.3 is 6.18 Å². The minimum absolute atomic E-state index is 0.364. The molecule has 0 fully saturated rings. The average Bonchev–Trinajstić information content (AvgIpc) is 2.78. The van der Waals surface area contributed by atoms with Crippen LogP contribution in [0.4, 0.5) is 18.9 Å². The van der Waals surface area contributed by atoms with Crippen molar-refractivity contribution in [2.45, 2.75) is 12.8 Å². The fourth-order valence-corrected chi connectivity index (χ4v) is 2.68. The molecule has 0 aromatic heterocycles. The van der Waals surface area contributed by atoms with Gasteiger partial charge in [-0.05, 0) is 65.7 Å². The molecule has 3 aromatic carbocycles. The molecule has 1 N–H and O–H groups in total. The smallest absolute Gasteiger partial charge is 0.416 e. The van der Waals surface area contributed by atoms with E-state index in [2.05, 4.69) is 10.5 Å². The minimum atomic E-state index is -4.37. The highest BCUT2D eigenvalue weighted by Crippen LogP contribution is 2.30. The maximum Gasteiger partial charge on any atom is 0.416 e. The van der Waals surface area contributed by atoms with E-state index in [4.69, 9.17) is 14.2 Å². The van der Waals surface area contributed by atoms with Gasteiger partial charge in [0.15, 0.2) is 11.5 Å². The van der Waals surface area contributed by atoms with Crippen molar-refractivity contribution >= 4 is 11.9 Å². The van der Waals surface area contributed by atoms with E-state index >= 15 is 0 Å². The molecule has 0 atom stereocenters. The third-order valence-electron chi connectivity index (χ3n) is 4.36. The van der Waals surface area contributed by atoms with Crippen LogP contribution in [0.5, 0.6) is 17.2 Å². The summed E-state index contributed by atoms with van der Waals surface area (Å²) in [7, 11) is 3.15. The third-order valence-corrected chi connectivity index (χ3v) is 4.36. The van der Waals surface area contributed by atoms with Crippen molar-refractivity contribution in [1.82, 2.24) is 0 Å². The highest BCUT2D eigenvalue weighted by atomic mass is 19.4. The number of anilines is 1. The van der Waals surface area contributed by atoms with Gasteiger partial charge in [-0.25, -0.2) is 0 Å². The van der Waals surface area contributed by atoms with Crippen molar-refractivity contribution < 1.29 is 27.4 Å². The Bertz CT molecular complexity index is 1020. The second-order valence-corrected chi connectivity index (χ2v) is 6.49. The van der Waals surface area contributed by atoms with Gasteiger partial charge in [0, 0.05) is 0 Å². The first-order chi connectivity index (χ1) is 14.9. The fraction of sp³-hybridized carbons (Fsp3) is 0.174. The summed E-state index contributed by atoms with van der Waals surface area (Å²) >= 11 is 0. The number of ether oxygens (including phenoxy) is 3. The van der Waals surface area contributed by atoms with Gasteiger partial charge in [-0.3, -0.25) is 5.43 Å². The van der Waals surface area contributed by atoms with Crippen LogP contribution in [0.1, 0.15) is 16.7 Å². The summed E-state index contributed by atoms with van der Waals surface area (Å²) in [5, 5.41) is 4.05. The largest absolute Gasteiger partial charge is 0.497 e. The molecule has 0 spiro atoms. The van der Waals surface area contributed by atoms with Gasteiger partial charge in [-0.2, -0.15) is 18.3 Å². The number of halogens is 3. The van der Waals surface area contributed by atoms with Gasteiger partial charge in [-0.1, -0.05) is 12.1 Å². The molecule has 0 saturated carbocycles. The standard InChI is InChI=1S/C23H21F3N2O3/c1-29-20-10-3-16(4-11-20)15-31-21-12-5-17(13-22(21)30-2)14-27-28-19-8-6-18(7-9-19)23(24,25)26/h3-14,28H,15H2,1-2H3. The molecule has 31 heavy (non-hydrogen) atoms. The molecule has 5 nitrogen and oxygen atoms in total. The number of alkyl halides is 3. The van der Waals surface area contributed by atoms with Crippen LogP contribution in [0.15, 0.2) is 71.8 Å². The fourth-order valence-electron chi connectivity index (χ4n) is 2.68. The summed E-state index contributed by atoms with van der Waals surface area (Å²) in [6, 6.07) is 17.5. The Morgan fingerprint density at radius 2 is 1.58 bits per heavy atom. The first-order valence-electron chi connectivity index (χ1n) is 9.29. The zero-order valence-electron chi connectivity index (χ0n) is 16.9. The van der Waals surface area contributed by atoms with Crippen molar-refractivity contribution in [3.8, 4) is 17.2 Å². The molecule has 3 rings (SSSR count). The maximum atomic E-state index is 12.6. The number of nitrogens with one attached hydrogen (secondary N) is 1. The summed E-state index contributed by atoms with van der Waals surface area (Å²) in [5.74, 6) is 1.88. The normalized spacial score (nSPS) is 11.4. The Labute approximate surface area is 178 Å². The zero-order valence-corrected chi connectivity index (χ0v) is 16.9. The Morgan fingerprint density at radius 1 is 0.871 bits per heavy atom. The van der Waals surface area contributed by atoms with Gasteiger partial charge in [0.25, 0.3) is 0 Å². The summed E-state index contributed by atoms with van der Waals surface area (Å²) in [5.41, 5.74) is 4.14. The SMILES string of the molecule is COc1ccc(COc2ccc(C=NNc3ccc(C(F)(F)F)cc3)cc2OC)cc1. The lowest BCUT2D eigenvalue weighted by molar-refractivity contribution is -0.137. The molecule has 0 aliphatic carbocycles. The minimum Gasteiger partial charge on any atom is -0.497 e. The molecule has 162 valence electrons. The topological polar surface area (TPSA) is 52.1 Å². The number of hydrogen-bond donors (Lipinski definition) is 1. The van der Waals surface area contributed by atoms with Crippen LogP contribution < -0.4 is 19.6 Å². The number of nitrogens with zero attached hydrogens (tertiary/aromatic N) is 1. The highest BCUT2D eigenvalue weighted by Gasteiger charge is 2.29. The van der Waals surface area contributed by atoms with E-state index in [9.17, 15) is 13.2 Å². The molecule has 8 heteroatoms. The molecular weight excluding hydrogens is 409 g/mol. The Balaban J connectivity index is 1.60. The molecular formula is C23H21F3N2O3. The van der Waals surface area contributed by atoms with Crippen LogP contribution >= 0.6 is 0 Å². The highest BCUT2D eigenvalue weighted by molar-refractivity contribution is 5.81. The van der Waals surface area contributed by atoms with E-state index in [-0.39, 0.29) is 0 Å². The monoisotopic (exact) mass is 430 g/mol. The van der Waals surface area contributed by atoms with E-state index in [1.165, 1.54) is 25.5 Å². The first kappa shape index (κ1) is 22.0. The summed E-state index contributed by atoms with van der Waals surface area (Å²) in [6.45, 7) is 0.364. The van der Waals surface area contributed by atoms with E-state index in [1.54, 1.807) is 25.3 Å². The molecule has 0 amide bonds. The van der Waals surface area contributed by atoms with Gasteiger partial charge in [0.1, 0.15) is 12.4 Å². The molecule has 3 aromatic rings. The van der Waals surface area contributed by atoms with Gasteiger partial charge < -0.3 is 14.2 Å². The average molecular weight is 430 g/mol. The number of hydrazone groups is 1. The van der Waals surface area contributed by atoms with Crippen molar-refractivity contribution in [3.63, 3.8) is 0 Å². The van der Waals surface area contributed by atoms with Crippen molar-refractivity contribution in [2.75, 3.05) is 19.6 Å². The van der Waals surface area contributed by atoms with Crippen LogP contribution in [0, 0.1) is 0 Å². The lowest BCUT2D eigenvalue weighted by Crippen LogP contribution is -2.04. The number of rotatable bonds is 8. The summed E-state index contributed by atoms with van der Waals surface area (Å²) in [4.78, 5) is 0. The van der Waals surface area contributed by atoms with Crippen molar-refractivity contribution in [2.24, 2.45) is 5.10 Å². The van der Waals surface area contributed by atoms with Gasteiger partial charge in [0.2, 0.25) is 0 Å². The van der Waals surface area contributed by atoms with Crippen molar-refractivity contribution in [1.29, 1.82) is 0 Å². The summed E-state index contributed by atoms with van der Waals surface area (Å²) in [6.07, 6.45) is -2.83. The molecule has 0 bridgehead atoms. The molecule has 0 unspecified atom stereocenters. The Kier molecular flexibility index (Phi) is 7.02. The van der Waals surface area contributed by atoms with Gasteiger partial charge in [-0.15, -0.1) is 0 Å². The van der Waals surface area contributed by atoms with E-state index < -0.39 is 11.7 Å². The maximum absolute atomic E-state index is 12.6. The number of methoxy groups -OCH3 is 2. The Morgan fingerprint density at radius 3 is 2.19 bits per heavy atom. The van der Waals surface area contributed by atoms with E-state index in [0.717, 1.165) is 29.0 Å². The molecule has 0 heterocycles. The zero-order chi connectivity index (χ0) is 22.3. The second kappa shape index (κ2) is 9.88. The van der Waals surface area contributed by atoms with E-state index in [1.807, 2.05) is 24.3 Å². The van der Waals surface area contributed by atoms with Crippen LogP contribution in [-0.4, -0.2) is 20.4 Å². The predicted octanol–water partition coefficient (Wildman–Crippen LogP) is 5.75. The van der Waals surface area contributed by atoms with Crippen LogP contribution in [0.3, 0.4) is 0 Å². The predicted molar refractivity (Wildman–Crippen MR) is 113 cm³/mol. The number of hydrogen-bond acceptors (Lipinski definition) is 5. The van der Waals surface area contributed by atoms with Gasteiger partial charge in [0.05, 0.1) is 31.7 Å². The molecule has 0 saturated heterocycles. The summed E-state index contributed by atoms with van der Waals surface area (Å²) < 4.78 is 54.2. The van der Waals surface area contributed by atoms with Crippen LogP contribution in [0.2, 0.25) is 0 Å². The van der Waals surface area contributed by atoms with Crippen LogP contribution in [0.25, 0.3) is 0 Å². The Hall–Kier alpha value is -3.68. The third kappa shape index (κ3) is 6.15. The number of benzene rings is 3. The first-order valence-corrected chi connectivity index (χ1v) is 9.29. The lowest BCUT2D eigenvalue weighted by Gasteiger charge is -2.11. The second-order valence-electron chi connectivity index (χ2n) is 6.49.